The van der Waals surface area contributed by atoms with E-state index in [1.165, 1.54) is 6.26 Å². The third-order valence-corrected chi connectivity index (χ3v) is 7.62. The molecule has 0 saturated carbocycles. The zero-order chi connectivity index (χ0) is 24.2. The highest BCUT2D eigenvalue weighted by molar-refractivity contribution is 7.88. The normalized spacial score (nSPS) is 19.4. The van der Waals surface area contributed by atoms with Gasteiger partial charge in [-0.25, -0.2) is 17.5 Å². The van der Waals surface area contributed by atoms with Crippen molar-refractivity contribution in [2.24, 2.45) is 5.92 Å². The lowest BCUT2D eigenvalue weighted by molar-refractivity contribution is 0.0165. The van der Waals surface area contributed by atoms with Crippen molar-refractivity contribution < 1.29 is 27.4 Å². The summed E-state index contributed by atoms with van der Waals surface area (Å²) in [6, 6.07) is 5.94. The van der Waals surface area contributed by atoms with Gasteiger partial charge in [0.25, 0.3) is 0 Å². The van der Waals surface area contributed by atoms with Crippen molar-refractivity contribution in [1.29, 1.82) is 0 Å². The Kier molecular flexibility index (Phi) is 8.16. The fourth-order valence-electron chi connectivity index (χ4n) is 4.44. The summed E-state index contributed by atoms with van der Waals surface area (Å²) in [5.41, 5.74) is 0.621. The van der Waals surface area contributed by atoms with E-state index in [4.69, 9.17) is 14.2 Å². The number of ether oxygens (including phenoxy) is 3. The number of likely N-dealkylation sites (tertiary alicyclic amines) is 1. The van der Waals surface area contributed by atoms with Gasteiger partial charge in [0.05, 0.1) is 20.0 Å². The Balaban J connectivity index is 1.50. The van der Waals surface area contributed by atoms with E-state index in [9.17, 15) is 13.2 Å². The average molecular weight is 483 g/mol. The largest absolute Gasteiger partial charge is 0.496 e. The summed E-state index contributed by atoms with van der Waals surface area (Å²) in [6.45, 7) is 8.66. The van der Waals surface area contributed by atoms with Crippen molar-refractivity contribution >= 4 is 16.1 Å². The van der Waals surface area contributed by atoms with Gasteiger partial charge in [-0.3, -0.25) is 0 Å². The minimum Gasteiger partial charge on any atom is -0.496 e. The number of amides is 1. The molecule has 1 aromatic rings. The topological polar surface area (TPSA) is 85.4 Å². The van der Waals surface area contributed by atoms with Gasteiger partial charge in [0, 0.05) is 32.2 Å². The van der Waals surface area contributed by atoms with Gasteiger partial charge in [-0.05, 0) is 69.9 Å². The van der Waals surface area contributed by atoms with E-state index in [1.54, 1.807) is 16.3 Å². The lowest BCUT2D eigenvalue weighted by Crippen LogP contribution is -2.42. The number of hydrogen-bond donors (Lipinski definition) is 0. The number of hydrogen-bond acceptors (Lipinski definition) is 6. The summed E-state index contributed by atoms with van der Waals surface area (Å²) in [6.07, 6.45) is 4.34. The highest BCUT2D eigenvalue weighted by Gasteiger charge is 2.29. The number of rotatable bonds is 6. The van der Waals surface area contributed by atoms with Crippen LogP contribution in [0.15, 0.2) is 18.2 Å². The molecule has 0 aliphatic carbocycles. The van der Waals surface area contributed by atoms with Gasteiger partial charge in [0.1, 0.15) is 17.1 Å². The lowest BCUT2D eigenvalue weighted by Gasteiger charge is -2.33. The van der Waals surface area contributed by atoms with Gasteiger partial charge in [0.2, 0.25) is 10.0 Å². The van der Waals surface area contributed by atoms with Crippen LogP contribution in [0.3, 0.4) is 0 Å². The second-order valence-corrected chi connectivity index (χ2v) is 12.0. The fraction of sp³-hybridized carbons (Fsp3) is 0.708. The van der Waals surface area contributed by atoms with Gasteiger partial charge in [0.15, 0.2) is 0 Å². The van der Waals surface area contributed by atoms with Crippen molar-refractivity contribution in [3.8, 4) is 11.5 Å². The molecule has 33 heavy (non-hydrogen) atoms. The summed E-state index contributed by atoms with van der Waals surface area (Å²) in [4.78, 5) is 14.0. The number of sulfonamides is 1. The molecule has 0 atom stereocenters. The van der Waals surface area contributed by atoms with Crippen molar-refractivity contribution in [2.75, 3.05) is 46.2 Å². The molecule has 0 spiro atoms. The SMILES string of the molecule is COc1cc(OCC2CCN(C(=O)OC(C)(C)C)CC2)ccc1C1CCN(S(C)(=O)=O)CC1. The van der Waals surface area contributed by atoms with E-state index in [-0.39, 0.29) is 12.0 Å². The molecule has 2 heterocycles. The van der Waals surface area contributed by atoms with Crippen LogP contribution < -0.4 is 9.47 Å². The van der Waals surface area contributed by atoms with Gasteiger partial charge < -0.3 is 19.1 Å². The molecule has 3 rings (SSSR count). The zero-order valence-electron chi connectivity index (χ0n) is 20.5. The molecule has 9 heteroatoms. The van der Waals surface area contributed by atoms with Crippen LogP contribution >= 0.6 is 0 Å². The summed E-state index contributed by atoms with van der Waals surface area (Å²) in [7, 11) is -1.48. The maximum atomic E-state index is 12.2. The average Bonchev–Trinajstić information content (AvgIpc) is 2.76. The van der Waals surface area contributed by atoms with Crippen molar-refractivity contribution in [3.05, 3.63) is 23.8 Å². The quantitative estimate of drug-likeness (QED) is 0.612. The molecule has 8 nitrogen and oxygen atoms in total. The third kappa shape index (κ3) is 7.24. The maximum absolute atomic E-state index is 12.2. The molecular weight excluding hydrogens is 444 g/mol. The number of piperidine rings is 2. The number of carbonyl (C=O) groups excluding carboxylic acids is 1. The highest BCUT2D eigenvalue weighted by Crippen LogP contribution is 2.37. The van der Waals surface area contributed by atoms with Gasteiger partial charge in [-0.2, -0.15) is 0 Å². The molecule has 2 aliphatic heterocycles. The first-order valence-corrected chi connectivity index (χ1v) is 13.5. The molecule has 2 aliphatic rings. The zero-order valence-corrected chi connectivity index (χ0v) is 21.3. The molecule has 0 bridgehead atoms. The Morgan fingerprint density at radius 1 is 1.06 bits per heavy atom. The minimum atomic E-state index is -3.14. The van der Waals surface area contributed by atoms with Crippen molar-refractivity contribution in [3.63, 3.8) is 0 Å². The van der Waals surface area contributed by atoms with Crippen LogP contribution in [0.4, 0.5) is 4.79 Å². The molecule has 0 radical (unpaired) electrons. The highest BCUT2D eigenvalue weighted by atomic mass is 32.2. The molecule has 1 amide bonds. The van der Waals surface area contributed by atoms with E-state index in [2.05, 4.69) is 0 Å². The second kappa shape index (κ2) is 10.5. The molecule has 0 aromatic heterocycles. The summed E-state index contributed by atoms with van der Waals surface area (Å²) >= 11 is 0. The number of methoxy groups -OCH3 is 1. The summed E-state index contributed by atoms with van der Waals surface area (Å²) in [5.74, 6) is 2.20. The van der Waals surface area contributed by atoms with E-state index in [0.717, 1.165) is 42.7 Å². The van der Waals surface area contributed by atoms with Crippen LogP contribution in [0.25, 0.3) is 0 Å². The van der Waals surface area contributed by atoms with Crippen LogP contribution in [0.1, 0.15) is 57.9 Å². The van der Waals surface area contributed by atoms with E-state index in [1.807, 2.05) is 39.0 Å². The van der Waals surface area contributed by atoms with E-state index < -0.39 is 15.6 Å². The molecule has 2 saturated heterocycles. The van der Waals surface area contributed by atoms with Crippen LogP contribution in [0.2, 0.25) is 0 Å². The minimum absolute atomic E-state index is 0.246. The Labute approximate surface area is 198 Å². The molecule has 1 aromatic carbocycles. The predicted octanol–water partition coefficient (Wildman–Crippen LogP) is 3.86. The smallest absolute Gasteiger partial charge is 0.410 e. The standard InChI is InChI=1S/C24H38N2O6S/c1-24(2,3)32-23(27)25-12-8-18(9-13-25)17-31-20-6-7-21(22(16-20)30-4)19-10-14-26(15-11-19)33(5,28)29/h6-7,16,18-19H,8-15,17H2,1-5H3. The third-order valence-electron chi connectivity index (χ3n) is 6.32. The second-order valence-electron chi connectivity index (χ2n) is 10.1. The summed E-state index contributed by atoms with van der Waals surface area (Å²) < 4.78 is 42.2. The fourth-order valence-corrected chi connectivity index (χ4v) is 5.31. The van der Waals surface area contributed by atoms with Crippen LogP contribution in [-0.2, 0) is 14.8 Å². The van der Waals surface area contributed by atoms with Gasteiger partial charge in [-0.1, -0.05) is 6.07 Å². The molecule has 2 fully saturated rings. The predicted molar refractivity (Wildman–Crippen MR) is 127 cm³/mol. The first-order valence-electron chi connectivity index (χ1n) is 11.7. The first-order chi connectivity index (χ1) is 15.5. The number of benzene rings is 1. The van der Waals surface area contributed by atoms with Crippen LogP contribution in [0, 0.1) is 5.92 Å². The Bertz CT molecular complexity index is 911. The summed E-state index contributed by atoms with van der Waals surface area (Å²) in [5, 5.41) is 0. The van der Waals surface area contributed by atoms with Gasteiger partial charge >= 0.3 is 6.09 Å². The van der Waals surface area contributed by atoms with Gasteiger partial charge in [-0.15, -0.1) is 0 Å². The van der Waals surface area contributed by atoms with Crippen LogP contribution in [0.5, 0.6) is 11.5 Å². The molecular formula is C24H38N2O6S. The van der Waals surface area contributed by atoms with Crippen LogP contribution in [-0.4, -0.2) is 75.5 Å². The maximum Gasteiger partial charge on any atom is 0.410 e. The molecule has 186 valence electrons. The number of carbonyl (C=O) groups is 1. The lowest BCUT2D eigenvalue weighted by atomic mass is 9.89. The Morgan fingerprint density at radius 3 is 2.24 bits per heavy atom. The van der Waals surface area contributed by atoms with Crippen molar-refractivity contribution in [2.45, 2.75) is 58.0 Å². The van der Waals surface area contributed by atoms with Crippen molar-refractivity contribution in [1.82, 2.24) is 9.21 Å². The molecule has 0 N–H and O–H groups in total. The molecule has 0 unspecified atom stereocenters. The monoisotopic (exact) mass is 482 g/mol. The number of nitrogens with zero attached hydrogens (tertiary/aromatic N) is 2. The Morgan fingerprint density at radius 2 is 1.70 bits per heavy atom. The Hall–Kier alpha value is -2.00. The van der Waals surface area contributed by atoms with E-state index in [0.29, 0.717) is 38.7 Å². The first kappa shape index (κ1) is 25.6. The van der Waals surface area contributed by atoms with E-state index >= 15 is 0 Å².